The molecule has 104 valence electrons. The number of rotatable bonds is 2. The topological polar surface area (TPSA) is 46.3 Å². The van der Waals surface area contributed by atoms with Crippen LogP contribution in [0.15, 0.2) is 28.7 Å². The molecule has 0 aliphatic heterocycles. The number of amides is 1. The molecule has 20 heavy (non-hydrogen) atoms. The van der Waals surface area contributed by atoms with Crippen LogP contribution in [-0.2, 0) is 12.8 Å². The molecule has 3 nitrogen and oxygen atoms in total. The van der Waals surface area contributed by atoms with Gasteiger partial charge in [0.05, 0.1) is 16.3 Å². The number of nitrogen functional groups attached to an aromatic ring is 1. The van der Waals surface area contributed by atoms with E-state index in [4.69, 9.17) is 5.73 Å². The van der Waals surface area contributed by atoms with Gasteiger partial charge in [0, 0.05) is 16.4 Å². The van der Waals surface area contributed by atoms with Gasteiger partial charge in [-0.25, -0.2) is 0 Å². The highest BCUT2D eigenvalue weighted by Gasteiger charge is 2.22. The molecule has 2 N–H and O–H groups in total. The number of fused-ring (bicyclic) bond motifs is 1. The second-order valence-corrected chi connectivity index (χ2v) is 7.03. The molecule has 0 unspecified atom stereocenters. The first-order valence-electron chi connectivity index (χ1n) is 6.51. The third kappa shape index (κ3) is 2.36. The number of hydrogen-bond donors (Lipinski definition) is 1. The summed E-state index contributed by atoms with van der Waals surface area (Å²) in [6.45, 7) is 0. The molecule has 1 aliphatic rings. The molecule has 0 saturated heterocycles. The third-order valence-electron chi connectivity index (χ3n) is 3.61. The molecule has 1 aliphatic carbocycles. The summed E-state index contributed by atoms with van der Waals surface area (Å²) < 4.78 is 0.912. The molecule has 1 heterocycles. The van der Waals surface area contributed by atoms with Crippen molar-refractivity contribution < 1.29 is 4.79 Å². The molecule has 1 amide bonds. The third-order valence-corrected chi connectivity index (χ3v) is 5.33. The first kappa shape index (κ1) is 13.6. The lowest BCUT2D eigenvalue weighted by molar-refractivity contribution is 0.0997. The van der Waals surface area contributed by atoms with Crippen molar-refractivity contribution in [1.29, 1.82) is 0 Å². The SMILES string of the molecule is CN(C(=O)c1cc2c(s1)CCC2)c1ccc(Br)cc1N. The van der Waals surface area contributed by atoms with Crippen molar-refractivity contribution in [3.63, 3.8) is 0 Å². The van der Waals surface area contributed by atoms with Gasteiger partial charge >= 0.3 is 0 Å². The average molecular weight is 351 g/mol. The summed E-state index contributed by atoms with van der Waals surface area (Å²) in [6.07, 6.45) is 3.42. The largest absolute Gasteiger partial charge is 0.397 e. The molecule has 0 bridgehead atoms. The van der Waals surface area contributed by atoms with Crippen molar-refractivity contribution in [3.8, 4) is 0 Å². The smallest absolute Gasteiger partial charge is 0.268 e. The van der Waals surface area contributed by atoms with Gasteiger partial charge in [-0.1, -0.05) is 15.9 Å². The molecule has 5 heteroatoms. The number of thiophene rings is 1. The van der Waals surface area contributed by atoms with E-state index in [1.165, 1.54) is 16.9 Å². The highest BCUT2D eigenvalue weighted by atomic mass is 79.9. The van der Waals surface area contributed by atoms with Gasteiger partial charge in [-0.15, -0.1) is 11.3 Å². The van der Waals surface area contributed by atoms with Gasteiger partial charge in [0.2, 0.25) is 0 Å². The highest BCUT2D eigenvalue weighted by molar-refractivity contribution is 9.10. The van der Waals surface area contributed by atoms with Gasteiger partial charge in [0.1, 0.15) is 0 Å². The summed E-state index contributed by atoms with van der Waals surface area (Å²) in [4.78, 5) is 16.4. The number of anilines is 2. The fourth-order valence-corrected chi connectivity index (χ4v) is 4.15. The Morgan fingerprint density at radius 2 is 2.15 bits per heavy atom. The fraction of sp³-hybridized carbons (Fsp3) is 0.267. The molecule has 0 radical (unpaired) electrons. The van der Waals surface area contributed by atoms with E-state index in [-0.39, 0.29) is 5.91 Å². The van der Waals surface area contributed by atoms with E-state index < -0.39 is 0 Å². The van der Waals surface area contributed by atoms with Crippen LogP contribution >= 0.6 is 27.3 Å². The quantitative estimate of drug-likeness (QED) is 0.836. The zero-order valence-electron chi connectivity index (χ0n) is 11.1. The summed E-state index contributed by atoms with van der Waals surface area (Å²) >= 11 is 5.00. The first-order valence-corrected chi connectivity index (χ1v) is 8.12. The van der Waals surface area contributed by atoms with Crippen LogP contribution in [0.4, 0.5) is 11.4 Å². The number of carbonyl (C=O) groups is 1. The van der Waals surface area contributed by atoms with Crippen LogP contribution in [0.1, 0.15) is 26.5 Å². The molecule has 2 aromatic rings. The van der Waals surface area contributed by atoms with E-state index in [0.29, 0.717) is 5.69 Å². The van der Waals surface area contributed by atoms with Gasteiger partial charge in [-0.3, -0.25) is 4.79 Å². The second kappa shape index (κ2) is 5.22. The van der Waals surface area contributed by atoms with Crippen molar-refractivity contribution in [2.45, 2.75) is 19.3 Å². The van der Waals surface area contributed by atoms with Crippen LogP contribution in [0.5, 0.6) is 0 Å². The predicted octanol–water partition coefficient (Wildman–Crippen LogP) is 3.86. The maximum absolute atomic E-state index is 12.6. The number of hydrogen-bond acceptors (Lipinski definition) is 3. The number of carbonyl (C=O) groups excluding carboxylic acids is 1. The lowest BCUT2D eigenvalue weighted by Crippen LogP contribution is -2.26. The molecule has 0 spiro atoms. The van der Waals surface area contributed by atoms with Crippen LogP contribution in [0.25, 0.3) is 0 Å². The number of halogens is 1. The van der Waals surface area contributed by atoms with Crippen molar-refractivity contribution >= 4 is 44.5 Å². The number of nitrogens with two attached hydrogens (primary N) is 1. The van der Waals surface area contributed by atoms with Gasteiger partial charge < -0.3 is 10.6 Å². The normalized spacial score (nSPS) is 13.3. The van der Waals surface area contributed by atoms with Crippen molar-refractivity contribution in [1.82, 2.24) is 0 Å². The molecule has 0 atom stereocenters. The maximum atomic E-state index is 12.6. The molecular weight excluding hydrogens is 336 g/mol. The van der Waals surface area contributed by atoms with Crippen molar-refractivity contribution in [3.05, 3.63) is 44.1 Å². The molecule has 1 aromatic carbocycles. The van der Waals surface area contributed by atoms with Crippen molar-refractivity contribution in [2.24, 2.45) is 0 Å². The molecule has 0 saturated carbocycles. The average Bonchev–Trinajstić information content (AvgIpc) is 2.97. The minimum Gasteiger partial charge on any atom is -0.397 e. The lowest BCUT2D eigenvalue weighted by atomic mass is 10.2. The van der Waals surface area contributed by atoms with Gasteiger partial charge in [-0.2, -0.15) is 0 Å². The summed E-state index contributed by atoms with van der Waals surface area (Å²) in [5.74, 6) is 0.0124. The second-order valence-electron chi connectivity index (χ2n) is 4.98. The standard InChI is InChI=1S/C15H15BrN2OS/c1-18(12-6-5-10(16)8-11(12)17)15(19)14-7-9-3-2-4-13(9)20-14/h5-8H,2-4,17H2,1H3. The Hall–Kier alpha value is -1.33. The Morgan fingerprint density at radius 3 is 2.85 bits per heavy atom. The Kier molecular flexibility index (Phi) is 3.56. The van der Waals surface area contributed by atoms with Crippen molar-refractivity contribution in [2.75, 3.05) is 17.7 Å². The number of aryl methyl sites for hydroxylation is 2. The summed E-state index contributed by atoms with van der Waals surface area (Å²) in [6, 6.07) is 7.61. The van der Waals surface area contributed by atoms with Crippen LogP contribution < -0.4 is 10.6 Å². The molecule has 3 rings (SSSR count). The molecular formula is C15H15BrN2OS. The van der Waals surface area contributed by atoms with E-state index in [9.17, 15) is 4.79 Å². The van der Waals surface area contributed by atoms with Crippen LogP contribution in [-0.4, -0.2) is 13.0 Å². The Bertz CT molecular complexity index is 659. The van der Waals surface area contributed by atoms with Gasteiger partial charge in [0.15, 0.2) is 0 Å². The predicted molar refractivity (Wildman–Crippen MR) is 87.6 cm³/mol. The van der Waals surface area contributed by atoms with Crippen LogP contribution in [0.3, 0.4) is 0 Å². The molecule has 1 aromatic heterocycles. The van der Waals surface area contributed by atoms with E-state index in [1.54, 1.807) is 23.3 Å². The highest BCUT2D eigenvalue weighted by Crippen LogP contribution is 2.33. The maximum Gasteiger partial charge on any atom is 0.268 e. The van der Waals surface area contributed by atoms with Crippen LogP contribution in [0.2, 0.25) is 0 Å². The van der Waals surface area contributed by atoms with Gasteiger partial charge in [-0.05, 0) is 49.1 Å². The monoisotopic (exact) mass is 350 g/mol. The minimum atomic E-state index is 0.0124. The first-order chi connectivity index (χ1) is 9.56. The molecule has 0 fully saturated rings. The lowest BCUT2D eigenvalue weighted by Gasteiger charge is -2.18. The summed E-state index contributed by atoms with van der Waals surface area (Å²) in [7, 11) is 1.77. The van der Waals surface area contributed by atoms with E-state index >= 15 is 0 Å². The Morgan fingerprint density at radius 1 is 1.35 bits per heavy atom. The van der Waals surface area contributed by atoms with Crippen LogP contribution in [0, 0.1) is 0 Å². The Labute approximate surface area is 130 Å². The number of nitrogens with zero attached hydrogens (tertiary/aromatic N) is 1. The summed E-state index contributed by atoms with van der Waals surface area (Å²) in [5.41, 5.74) is 8.67. The zero-order valence-corrected chi connectivity index (χ0v) is 13.6. The van der Waals surface area contributed by atoms with E-state index in [0.717, 1.165) is 27.9 Å². The van der Waals surface area contributed by atoms with Gasteiger partial charge in [0.25, 0.3) is 5.91 Å². The summed E-state index contributed by atoms with van der Waals surface area (Å²) in [5, 5.41) is 0. The van der Waals surface area contributed by atoms with E-state index in [2.05, 4.69) is 15.9 Å². The van der Waals surface area contributed by atoms with E-state index in [1.807, 2.05) is 24.3 Å². The number of benzene rings is 1. The zero-order chi connectivity index (χ0) is 14.3. The minimum absolute atomic E-state index is 0.0124. The fourth-order valence-electron chi connectivity index (χ4n) is 2.54. The Balaban J connectivity index is 1.89.